The van der Waals surface area contributed by atoms with E-state index in [0.717, 1.165) is 33.7 Å². The molecule has 0 saturated heterocycles. The van der Waals surface area contributed by atoms with Crippen LogP contribution >= 0.6 is 0 Å². The molecule has 7 nitrogen and oxygen atoms in total. The third-order valence-corrected chi connectivity index (χ3v) is 6.38. The number of amides is 1. The molecule has 2 atom stereocenters. The minimum atomic E-state index is -1.37. The van der Waals surface area contributed by atoms with Gasteiger partial charge in [-0.25, -0.2) is 22.5 Å². The Labute approximate surface area is 207 Å². The van der Waals surface area contributed by atoms with Crippen molar-refractivity contribution in [2.75, 3.05) is 0 Å². The van der Waals surface area contributed by atoms with E-state index in [4.69, 9.17) is 0 Å². The van der Waals surface area contributed by atoms with Crippen LogP contribution in [-0.2, 0) is 11.2 Å². The standard InChI is InChI=1S/C27H21F3N4O3/c1-14(18-8-6-17(29)12-21(18)30)32-25(35)24(10-15-13-31-22-5-3-2-4-19(15)22)34-26(36)20-11-16(28)7-9-23(20)33-27(34)37/h2-9,11-14,24,31H,10H2,1H3,(H,32,35)(H,33,37)/t14-,24+/m1/s1. The number of fused-ring (bicyclic) bond motifs is 2. The lowest BCUT2D eigenvalue weighted by molar-refractivity contribution is -0.125. The van der Waals surface area contributed by atoms with Gasteiger partial charge in [0.25, 0.3) is 5.56 Å². The first-order chi connectivity index (χ1) is 17.7. The van der Waals surface area contributed by atoms with E-state index >= 15 is 0 Å². The number of nitrogens with zero attached hydrogens (tertiary/aromatic N) is 1. The van der Waals surface area contributed by atoms with Crippen molar-refractivity contribution in [3.05, 3.63) is 116 Å². The van der Waals surface area contributed by atoms with E-state index in [1.807, 2.05) is 24.3 Å². The molecule has 37 heavy (non-hydrogen) atoms. The zero-order chi connectivity index (χ0) is 26.3. The number of carbonyl (C=O) groups is 1. The first-order valence-electron chi connectivity index (χ1n) is 11.5. The summed E-state index contributed by atoms with van der Waals surface area (Å²) in [7, 11) is 0. The number of aromatic amines is 2. The zero-order valence-electron chi connectivity index (χ0n) is 19.5. The quantitative estimate of drug-likeness (QED) is 0.321. The van der Waals surface area contributed by atoms with Crippen LogP contribution < -0.4 is 16.6 Å². The Bertz CT molecular complexity index is 1770. The molecule has 3 aromatic carbocycles. The zero-order valence-corrected chi connectivity index (χ0v) is 19.5. The molecule has 10 heteroatoms. The van der Waals surface area contributed by atoms with Gasteiger partial charge in [-0.2, -0.15) is 0 Å². The maximum absolute atomic E-state index is 14.4. The first-order valence-corrected chi connectivity index (χ1v) is 11.5. The molecule has 2 heterocycles. The fraction of sp³-hybridized carbons (Fsp3) is 0.148. The molecule has 0 aliphatic carbocycles. The van der Waals surface area contributed by atoms with Gasteiger partial charge in [-0.05, 0) is 42.8 Å². The molecule has 188 valence electrons. The average Bonchev–Trinajstić information content (AvgIpc) is 3.26. The van der Waals surface area contributed by atoms with Crippen molar-refractivity contribution in [2.45, 2.75) is 25.4 Å². The average molecular weight is 506 g/mol. The highest BCUT2D eigenvalue weighted by Gasteiger charge is 2.28. The van der Waals surface area contributed by atoms with E-state index < -0.39 is 46.7 Å². The lowest BCUT2D eigenvalue weighted by Crippen LogP contribution is -2.46. The van der Waals surface area contributed by atoms with Gasteiger partial charge in [0.2, 0.25) is 5.91 Å². The summed E-state index contributed by atoms with van der Waals surface area (Å²) >= 11 is 0. The summed E-state index contributed by atoms with van der Waals surface area (Å²) in [5, 5.41) is 3.31. The van der Waals surface area contributed by atoms with Crippen LogP contribution in [0.2, 0.25) is 0 Å². The molecule has 5 rings (SSSR count). The monoisotopic (exact) mass is 506 g/mol. The maximum Gasteiger partial charge on any atom is 0.329 e. The predicted octanol–water partition coefficient (Wildman–Crippen LogP) is 4.25. The van der Waals surface area contributed by atoms with Gasteiger partial charge >= 0.3 is 5.69 Å². The molecule has 0 aliphatic heterocycles. The van der Waals surface area contributed by atoms with Crippen LogP contribution in [0.25, 0.3) is 21.8 Å². The third-order valence-electron chi connectivity index (χ3n) is 6.38. The van der Waals surface area contributed by atoms with Crippen molar-refractivity contribution < 1.29 is 18.0 Å². The Balaban J connectivity index is 1.61. The Morgan fingerprint density at radius 3 is 2.46 bits per heavy atom. The molecule has 5 aromatic rings. The topological polar surface area (TPSA) is 99.8 Å². The Morgan fingerprint density at radius 2 is 1.68 bits per heavy atom. The number of carbonyl (C=O) groups excluding carboxylic acids is 1. The second-order valence-electron chi connectivity index (χ2n) is 8.77. The number of hydrogen-bond donors (Lipinski definition) is 3. The number of hydrogen-bond acceptors (Lipinski definition) is 3. The molecule has 1 amide bonds. The van der Waals surface area contributed by atoms with Crippen LogP contribution in [-0.4, -0.2) is 20.4 Å². The van der Waals surface area contributed by atoms with Gasteiger partial charge in [0, 0.05) is 35.2 Å². The number of rotatable bonds is 6. The van der Waals surface area contributed by atoms with Gasteiger partial charge in [0.05, 0.1) is 16.9 Å². The van der Waals surface area contributed by atoms with E-state index in [0.29, 0.717) is 11.6 Å². The van der Waals surface area contributed by atoms with Gasteiger partial charge in [-0.3, -0.25) is 9.59 Å². The van der Waals surface area contributed by atoms with Gasteiger partial charge in [-0.1, -0.05) is 24.3 Å². The van der Waals surface area contributed by atoms with Gasteiger partial charge in [0.15, 0.2) is 0 Å². The molecule has 0 bridgehead atoms. The number of H-pyrrole nitrogens is 2. The minimum absolute atomic E-state index is 0.0300. The third kappa shape index (κ3) is 4.53. The summed E-state index contributed by atoms with van der Waals surface area (Å²) in [5.41, 5.74) is -0.103. The second kappa shape index (κ2) is 9.45. The highest BCUT2D eigenvalue weighted by atomic mass is 19.1. The van der Waals surface area contributed by atoms with Crippen LogP contribution in [0.1, 0.15) is 30.1 Å². The van der Waals surface area contributed by atoms with Gasteiger partial charge < -0.3 is 15.3 Å². The van der Waals surface area contributed by atoms with Crippen LogP contribution in [0, 0.1) is 17.5 Å². The van der Waals surface area contributed by atoms with E-state index in [9.17, 15) is 27.6 Å². The second-order valence-corrected chi connectivity index (χ2v) is 8.77. The summed E-state index contributed by atoms with van der Waals surface area (Å²) in [6.07, 6.45) is 1.60. The lowest BCUT2D eigenvalue weighted by Gasteiger charge is -2.22. The van der Waals surface area contributed by atoms with E-state index in [2.05, 4.69) is 15.3 Å². The van der Waals surface area contributed by atoms with Gasteiger partial charge in [0.1, 0.15) is 23.5 Å². The van der Waals surface area contributed by atoms with Crippen molar-refractivity contribution in [1.29, 1.82) is 0 Å². The molecule has 3 N–H and O–H groups in total. The highest BCUT2D eigenvalue weighted by molar-refractivity contribution is 5.86. The molecular formula is C27H21F3N4O3. The van der Waals surface area contributed by atoms with Crippen LogP contribution in [0.3, 0.4) is 0 Å². The van der Waals surface area contributed by atoms with Crippen LogP contribution in [0.4, 0.5) is 13.2 Å². The van der Waals surface area contributed by atoms with Crippen molar-refractivity contribution in [1.82, 2.24) is 19.9 Å². The number of nitrogens with one attached hydrogen (secondary N) is 3. The fourth-order valence-corrected chi connectivity index (χ4v) is 4.53. The Hall–Kier alpha value is -4.60. The van der Waals surface area contributed by atoms with Gasteiger partial charge in [-0.15, -0.1) is 0 Å². The Kier molecular flexibility index (Phi) is 6.16. The van der Waals surface area contributed by atoms with E-state index in [1.54, 1.807) is 6.20 Å². The molecule has 0 radical (unpaired) electrons. The molecule has 0 spiro atoms. The Morgan fingerprint density at radius 1 is 0.946 bits per heavy atom. The number of halogens is 3. The largest absolute Gasteiger partial charge is 0.361 e. The fourth-order valence-electron chi connectivity index (χ4n) is 4.53. The summed E-state index contributed by atoms with van der Waals surface area (Å²) in [4.78, 5) is 45.6. The molecule has 0 unspecified atom stereocenters. The smallest absolute Gasteiger partial charge is 0.329 e. The van der Waals surface area contributed by atoms with Crippen molar-refractivity contribution in [2.24, 2.45) is 0 Å². The highest BCUT2D eigenvalue weighted by Crippen LogP contribution is 2.24. The summed E-state index contributed by atoms with van der Waals surface area (Å²) < 4.78 is 42.4. The number of aromatic nitrogens is 3. The van der Waals surface area contributed by atoms with Crippen molar-refractivity contribution in [3.63, 3.8) is 0 Å². The summed E-state index contributed by atoms with van der Waals surface area (Å²) in [6.45, 7) is 1.50. The van der Waals surface area contributed by atoms with E-state index in [-0.39, 0.29) is 22.9 Å². The number of para-hydroxylation sites is 1. The van der Waals surface area contributed by atoms with Crippen molar-refractivity contribution >= 4 is 27.7 Å². The first kappa shape index (κ1) is 24.1. The SMILES string of the molecule is C[C@@H](NC(=O)[C@H](Cc1c[nH]c2ccccc12)n1c(=O)[nH]c2ccc(F)cc2c1=O)c1ccc(F)cc1F. The molecule has 0 fully saturated rings. The van der Waals surface area contributed by atoms with E-state index in [1.165, 1.54) is 19.1 Å². The minimum Gasteiger partial charge on any atom is -0.361 e. The van der Waals surface area contributed by atoms with Crippen molar-refractivity contribution in [3.8, 4) is 0 Å². The molecular weight excluding hydrogens is 485 g/mol. The number of benzene rings is 3. The summed E-state index contributed by atoms with van der Waals surface area (Å²) in [6, 6.07) is 11.4. The molecule has 0 saturated carbocycles. The molecule has 2 aromatic heterocycles. The normalized spacial score (nSPS) is 13.1. The molecule has 0 aliphatic rings. The maximum atomic E-state index is 14.4. The van der Waals surface area contributed by atoms with Crippen LogP contribution in [0.15, 0.2) is 76.4 Å². The lowest BCUT2D eigenvalue weighted by atomic mass is 10.0. The summed E-state index contributed by atoms with van der Waals surface area (Å²) in [5.74, 6) is -3.04. The van der Waals surface area contributed by atoms with Crippen LogP contribution in [0.5, 0.6) is 0 Å². The predicted molar refractivity (Wildman–Crippen MR) is 133 cm³/mol.